The van der Waals surface area contributed by atoms with Crippen LogP contribution in [0.4, 0.5) is 0 Å². The van der Waals surface area contributed by atoms with E-state index in [1.165, 1.54) is 7.11 Å². The summed E-state index contributed by atoms with van der Waals surface area (Å²) in [6.07, 6.45) is -1.00. The molecule has 29 heavy (non-hydrogen) atoms. The first-order valence-corrected chi connectivity index (χ1v) is 9.30. The van der Waals surface area contributed by atoms with E-state index in [0.29, 0.717) is 6.42 Å². The molecule has 2 rings (SSSR count). The Labute approximate surface area is 169 Å². The van der Waals surface area contributed by atoms with E-state index < -0.39 is 24.0 Å². The fraction of sp³-hybridized carbons (Fsp3) is 0.318. The SMILES string of the molecule is CO[C@@H](C[C@H](Cc1ccc(-c2ccccc2)cc1)C(=O)NCCC(=O)O)C(=O)O. The Morgan fingerprint density at radius 1 is 0.966 bits per heavy atom. The maximum Gasteiger partial charge on any atom is 0.332 e. The molecule has 0 fully saturated rings. The highest BCUT2D eigenvalue weighted by Crippen LogP contribution is 2.22. The lowest BCUT2D eigenvalue weighted by Crippen LogP contribution is -2.37. The Balaban J connectivity index is 2.11. The zero-order valence-electron chi connectivity index (χ0n) is 16.2. The van der Waals surface area contributed by atoms with Gasteiger partial charge in [-0.1, -0.05) is 54.6 Å². The molecule has 3 N–H and O–H groups in total. The second-order valence-corrected chi connectivity index (χ2v) is 6.70. The number of carbonyl (C=O) groups excluding carboxylic acids is 1. The van der Waals surface area contributed by atoms with Crippen molar-refractivity contribution in [3.63, 3.8) is 0 Å². The second kappa shape index (κ2) is 11.0. The van der Waals surface area contributed by atoms with Gasteiger partial charge >= 0.3 is 11.9 Å². The predicted molar refractivity (Wildman–Crippen MR) is 107 cm³/mol. The Bertz CT molecular complexity index is 819. The molecule has 0 aliphatic heterocycles. The minimum atomic E-state index is -1.14. The quantitative estimate of drug-likeness (QED) is 0.535. The van der Waals surface area contributed by atoms with Crippen molar-refractivity contribution >= 4 is 17.8 Å². The summed E-state index contributed by atoms with van der Waals surface area (Å²) < 4.78 is 4.98. The van der Waals surface area contributed by atoms with Crippen LogP contribution in [-0.2, 0) is 25.5 Å². The number of hydrogen-bond donors (Lipinski definition) is 3. The number of rotatable bonds is 11. The van der Waals surface area contributed by atoms with Crippen LogP contribution < -0.4 is 5.32 Å². The Hall–Kier alpha value is -3.19. The van der Waals surface area contributed by atoms with Gasteiger partial charge in [-0.3, -0.25) is 9.59 Å². The summed E-state index contributed by atoms with van der Waals surface area (Å²) in [5, 5.41) is 20.5. The maximum absolute atomic E-state index is 12.5. The van der Waals surface area contributed by atoms with Crippen molar-refractivity contribution in [3.8, 4) is 11.1 Å². The lowest BCUT2D eigenvalue weighted by molar-refractivity contribution is -0.150. The van der Waals surface area contributed by atoms with Crippen molar-refractivity contribution in [1.29, 1.82) is 0 Å². The highest BCUT2D eigenvalue weighted by atomic mass is 16.5. The second-order valence-electron chi connectivity index (χ2n) is 6.70. The minimum Gasteiger partial charge on any atom is -0.481 e. The number of carbonyl (C=O) groups is 3. The van der Waals surface area contributed by atoms with Crippen molar-refractivity contribution < 1.29 is 29.3 Å². The molecule has 0 aromatic heterocycles. The number of ether oxygens (including phenoxy) is 1. The predicted octanol–water partition coefficient (Wildman–Crippen LogP) is 2.59. The molecule has 2 aromatic carbocycles. The van der Waals surface area contributed by atoms with Gasteiger partial charge in [0.05, 0.1) is 6.42 Å². The number of benzene rings is 2. The van der Waals surface area contributed by atoms with Crippen LogP contribution in [0.5, 0.6) is 0 Å². The van der Waals surface area contributed by atoms with Gasteiger partial charge in [-0.25, -0.2) is 4.79 Å². The lowest BCUT2D eigenvalue weighted by atomic mass is 9.91. The van der Waals surface area contributed by atoms with Crippen LogP contribution in [0.1, 0.15) is 18.4 Å². The number of aliphatic carboxylic acids is 2. The molecule has 0 heterocycles. The number of amides is 1. The monoisotopic (exact) mass is 399 g/mol. The fourth-order valence-electron chi connectivity index (χ4n) is 3.02. The molecule has 2 atom stereocenters. The van der Waals surface area contributed by atoms with E-state index in [1.807, 2.05) is 54.6 Å². The third-order valence-electron chi connectivity index (χ3n) is 4.61. The Kier molecular flexibility index (Phi) is 8.36. The van der Waals surface area contributed by atoms with Crippen LogP contribution in [0.2, 0.25) is 0 Å². The van der Waals surface area contributed by atoms with E-state index in [0.717, 1.165) is 16.7 Å². The first-order valence-electron chi connectivity index (χ1n) is 9.30. The van der Waals surface area contributed by atoms with E-state index in [2.05, 4.69) is 5.32 Å². The minimum absolute atomic E-state index is 0.00876. The van der Waals surface area contributed by atoms with Crippen LogP contribution in [0.25, 0.3) is 11.1 Å². The summed E-state index contributed by atoms with van der Waals surface area (Å²) in [5.74, 6) is -3.21. The number of hydrogen-bond acceptors (Lipinski definition) is 4. The number of carboxylic acids is 2. The van der Waals surface area contributed by atoms with Gasteiger partial charge in [0, 0.05) is 19.6 Å². The van der Waals surface area contributed by atoms with Gasteiger partial charge in [-0.2, -0.15) is 0 Å². The van der Waals surface area contributed by atoms with Crippen molar-refractivity contribution in [2.45, 2.75) is 25.4 Å². The Morgan fingerprint density at radius 3 is 2.14 bits per heavy atom. The van der Waals surface area contributed by atoms with Crippen molar-refractivity contribution in [3.05, 3.63) is 60.2 Å². The average Bonchev–Trinajstić information content (AvgIpc) is 2.71. The highest BCUT2D eigenvalue weighted by Gasteiger charge is 2.27. The molecular weight excluding hydrogens is 374 g/mol. The van der Waals surface area contributed by atoms with Crippen LogP contribution >= 0.6 is 0 Å². The zero-order valence-corrected chi connectivity index (χ0v) is 16.2. The molecule has 0 saturated heterocycles. The van der Waals surface area contributed by atoms with Crippen LogP contribution in [0.15, 0.2) is 54.6 Å². The summed E-state index contributed by atoms with van der Waals surface area (Å²) in [6, 6.07) is 17.6. The van der Waals surface area contributed by atoms with Gasteiger partial charge in [0.15, 0.2) is 6.10 Å². The van der Waals surface area contributed by atoms with E-state index in [1.54, 1.807) is 0 Å². The van der Waals surface area contributed by atoms with Gasteiger partial charge in [-0.15, -0.1) is 0 Å². The normalized spacial score (nSPS) is 12.7. The van der Waals surface area contributed by atoms with Crippen LogP contribution in [0, 0.1) is 5.92 Å². The smallest absolute Gasteiger partial charge is 0.332 e. The largest absolute Gasteiger partial charge is 0.481 e. The van der Waals surface area contributed by atoms with Crippen molar-refractivity contribution in [2.75, 3.05) is 13.7 Å². The fourth-order valence-corrected chi connectivity index (χ4v) is 3.02. The molecule has 0 aliphatic carbocycles. The maximum atomic E-state index is 12.5. The standard InChI is InChI=1S/C22H25NO6/c1-29-19(22(27)28)14-18(21(26)23-12-11-20(24)25)13-15-7-9-17(10-8-15)16-5-3-2-4-6-16/h2-10,18-19H,11-14H2,1H3,(H,23,26)(H,24,25)(H,27,28)/t18-,19-/m0/s1. The summed E-state index contributed by atoms with van der Waals surface area (Å²) in [5.41, 5.74) is 2.99. The number of nitrogens with one attached hydrogen (secondary N) is 1. The van der Waals surface area contributed by atoms with E-state index in [-0.39, 0.29) is 25.3 Å². The average molecular weight is 399 g/mol. The van der Waals surface area contributed by atoms with Crippen LogP contribution in [0.3, 0.4) is 0 Å². The summed E-state index contributed by atoms with van der Waals surface area (Å²) in [7, 11) is 1.28. The first kappa shape index (κ1) is 22.1. The number of carboxylic acid groups (broad SMARTS) is 2. The molecule has 0 saturated carbocycles. The molecular formula is C22H25NO6. The summed E-state index contributed by atoms with van der Waals surface area (Å²) in [6.45, 7) is -0.0116. The molecule has 2 aromatic rings. The van der Waals surface area contributed by atoms with Gasteiger partial charge in [0.25, 0.3) is 0 Å². The summed E-state index contributed by atoms with van der Waals surface area (Å²) >= 11 is 0. The third kappa shape index (κ3) is 7.04. The summed E-state index contributed by atoms with van der Waals surface area (Å²) in [4.78, 5) is 34.5. The van der Waals surface area contributed by atoms with Crippen LogP contribution in [-0.4, -0.2) is 47.8 Å². The molecule has 0 radical (unpaired) electrons. The van der Waals surface area contributed by atoms with E-state index >= 15 is 0 Å². The first-order chi connectivity index (χ1) is 13.9. The topological polar surface area (TPSA) is 113 Å². The molecule has 0 bridgehead atoms. The van der Waals surface area contributed by atoms with E-state index in [9.17, 15) is 19.5 Å². The molecule has 0 aliphatic rings. The van der Waals surface area contributed by atoms with Gasteiger partial charge < -0.3 is 20.3 Å². The van der Waals surface area contributed by atoms with E-state index in [4.69, 9.17) is 9.84 Å². The molecule has 154 valence electrons. The molecule has 1 amide bonds. The van der Waals surface area contributed by atoms with Crippen molar-refractivity contribution in [2.24, 2.45) is 5.92 Å². The number of methoxy groups -OCH3 is 1. The van der Waals surface area contributed by atoms with Gasteiger partial charge in [0.1, 0.15) is 0 Å². The molecule has 0 unspecified atom stereocenters. The molecule has 7 nitrogen and oxygen atoms in total. The van der Waals surface area contributed by atoms with Gasteiger partial charge in [0.2, 0.25) is 5.91 Å². The molecule has 0 spiro atoms. The lowest BCUT2D eigenvalue weighted by Gasteiger charge is -2.20. The zero-order chi connectivity index (χ0) is 21.2. The third-order valence-corrected chi connectivity index (χ3v) is 4.61. The molecule has 7 heteroatoms. The van der Waals surface area contributed by atoms with Gasteiger partial charge in [-0.05, 0) is 29.5 Å². The van der Waals surface area contributed by atoms with Crippen molar-refractivity contribution in [1.82, 2.24) is 5.32 Å². The Morgan fingerprint density at radius 2 is 1.59 bits per heavy atom. The highest BCUT2D eigenvalue weighted by molar-refractivity contribution is 5.81.